The van der Waals surface area contributed by atoms with E-state index in [1.165, 1.54) is 7.11 Å². The number of benzene rings is 1. The molecule has 4 nitrogen and oxygen atoms in total. The first-order valence-electron chi connectivity index (χ1n) is 5.23. The van der Waals surface area contributed by atoms with Gasteiger partial charge in [0.15, 0.2) is 0 Å². The molecule has 0 fully saturated rings. The van der Waals surface area contributed by atoms with E-state index in [2.05, 4.69) is 15.0 Å². The minimum atomic E-state index is -0.302. The van der Waals surface area contributed by atoms with E-state index in [0.717, 1.165) is 18.8 Å². The van der Waals surface area contributed by atoms with Gasteiger partial charge in [0, 0.05) is 25.8 Å². The Kier molecular flexibility index (Phi) is 4.79. The maximum absolute atomic E-state index is 11.3. The van der Waals surface area contributed by atoms with Crippen LogP contribution in [0.3, 0.4) is 0 Å². The van der Waals surface area contributed by atoms with Gasteiger partial charge in [-0.1, -0.05) is 6.07 Å². The number of nitrogens with zero attached hydrogens (tertiary/aromatic N) is 1. The molecule has 0 bridgehead atoms. The molecule has 0 atom stereocenters. The number of nitrogens with one attached hydrogen (secondary N) is 1. The predicted molar refractivity (Wildman–Crippen MR) is 65.0 cm³/mol. The van der Waals surface area contributed by atoms with Crippen molar-refractivity contribution in [2.24, 2.45) is 0 Å². The molecule has 1 N–H and O–H groups in total. The zero-order valence-electron chi connectivity index (χ0n) is 9.99. The van der Waals surface area contributed by atoms with Crippen LogP contribution in [0.5, 0.6) is 0 Å². The first-order valence-corrected chi connectivity index (χ1v) is 5.23. The van der Waals surface area contributed by atoms with E-state index < -0.39 is 0 Å². The number of methoxy groups -OCH3 is 1. The fraction of sp³-hybridized carbons (Fsp3) is 0.417. The molecule has 0 amide bonds. The van der Waals surface area contributed by atoms with Gasteiger partial charge in [-0.3, -0.25) is 0 Å². The Balaban J connectivity index is 2.77. The molecule has 4 heteroatoms. The molecule has 0 saturated heterocycles. The number of hydrogen-bond donors (Lipinski definition) is 1. The molecule has 0 aromatic heterocycles. The molecule has 1 aromatic carbocycles. The van der Waals surface area contributed by atoms with Crippen molar-refractivity contribution in [3.8, 4) is 0 Å². The van der Waals surface area contributed by atoms with Crippen molar-refractivity contribution < 1.29 is 9.53 Å². The van der Waals surface area contributed by atoms with Crippen molar-refractivity contribution >= 4 is 11.7 Å². The highest BCUT2D eigenvalue weighted by Gasteiger charge is 2.07. The van der Waals surface area contributed by atoms with Crippen LogP contribution in [-0.2, 0) is 4.74 Å². The number of carbonyl (C=O) groups is 1. The van der Waals surface area contributed by atoms with Gasteiger partial charge in [0.05, 0.1) is 12.7 Å². The summed E-state index contributed by atoms with van der Waals surface area (Å²) in [5.41, 5.74) is 1.59. The maximum atomic E-state index is 11.3. The first kappa shape index (κ1) is 12.5. The van der Waals surface area contributed by atoms with E-state index in [-0.39, 0.29) is 5.97 Å². The van der Waals surface area contributed by atoms with Gasteiger partial charge in [-0.2, -0.15) is 0 Å². The molecule has 0 aliphatic heterocycles. The molecule has 0 heterocycles. The Labute approximate surface area is 96.2 Å². The fourth-order valence-electron chi connectivity index (χ4n) is 1.40. The molecule has 0 aliphatic carbocycles. The molecule has 1 aromatic rings. The van der Waals surface area contributed by atoms with Gasteiger partial charge in [0.1, 0.15) is 0 Å². The lowest BCUT2D eigenvalue weighted by Gasteiger charge is -2.19. The number of likely N-dealkylation sites (N-methyl/N-ethyl adjacent to an activating group) is 2. The van der Waals surface area contributed by atoms with Crippen molar-refractivity contribution in [1.29, 1.82) is 0 Å². The summed E-state index contributed by atoms with van der Waals surface area (Å²) >= 11 is 0. The van der Waals surface area contributed by atoms with Gasteiger partial charge >= 0.3 is 5.97 Å². The van der Waals surface area contributed by atoms with E-state index in [1.807, 2.05) is 32.3 Å². The molecule has 1 rings (SSSR count). The van der Waals surface area contributed by atoms with Crippen LogP contribution in [0.2, 0.25) is 0 Å². The van der Waals surface area contributed by atoms with Gasteiger partial charge in [-0.05, 0) is 25.2 Å². The van der Waals surface area contributed by atoms with Gasteiger partial charge in [-0.25, -0.2) is 4.79 Å². The van der Waals surface area contributed by atoms with Crippen LogP contribution in [0.15, 0.2) is 24.3 Å². The molecule has 0 radical (unpaired) electrons. The monoisotopic (exact) mass is 222 g/mol. The van der Waals surface area contributed by atoms with Crippen molar-refractivity contribution in [2.45, 2.75) is 0 Å². The summed E-state index contributed by atoms with van der Waals surface area (Å²) < 4.78 is 4.68. The van der Waals surface area contributed by atoms with E-state index in [1.54, 1.807) is 6.07 Å². The lowest BCUT2D eigenvalue weighted by Crippen LogP contribution is -2.27. The van der Waals surface area contributed by atoms with Crippen LogP contribution in [-0.4, -0.2) is 40.3 Å². The smallest absolute Gasteiger partial charge is 0.337 e. The molecule has 0 saturated carbocycles. The van der Waals surface area contributed by atoms with E-state index in [0.29, 0.717) is 5.56 Å². The van der Waals surface area contributed by atoms with E-state index >= 15 is 0 Å². The lowest BCUT2D eigenvalue weighted by atomic mass is 10.2. The largest absolute Gasteiger partial charge is 0.465 e. The molecule has 16 heavy (non-hydrogen) atoms. The summed E-state index contributed by atoms with van der Waals surface area (Å²) in [5, 5.41) is 3.08. The number of hydrogen-bond acceptors (Lipinski definition) is 4. The first-order chi connectivity index (χ1) is 7.69. The second kappa shape index (κ2) is 6.12. The van der Waals surface area contributed by atoms with Crippen LogP contribution in [0.25, 0.3) is 0 Å². The minimum Gasteiger partial charge on any atom is -0.465 e. The minimum absolute atomic E-state index is 0.302. The third-order valence-electron chi connectivity index (χ3n) is 2.41. The molecule has 0 spiro atoms. The lowest BCUT2D eigenvalue weighted by molar-refractivity contribution is 0.0601. The molecule has 88 valence electrons. The number of esters is 1. The van der Waals surface area contributed by atoms with Crippen LogP contribution in [0, 0.1) is 0 Å². The highest BCUT2D eigenvalue weighted by molar-refractivity contribution is 5.90. The Morgan fingerprint density at radius 3 is 2.88 bits per heavy atom. The fourth-order valence-corrected chi connectivity index (χ4v) is 1.40. The van der Waals surface area contributed by atoms with Crippen LogP contribution < -0.4 is 10.2 Å². The average Bonchev–Trinajstić information content (AvgIpc) is 2.35. The second-order valence-corrected chi connectivity index (χ2v) is 3.57. The topological polar surface area (TPSA) is 41.6 Å². The predicted octanol–water partition coefficient (Wildman–Crippen LogP) is 1.13. The standard InChI is InChI=1S/C12H18N2O2/c1-13-7-8-14(2)11-6-4-5-10(9-11)12(15)16-3/h4-6,9,13H,7-8H2,1-3H3. The molecule has 0 unspecified atom stereocenters. The van der Waals surface area contributed by atoms with Crippen LogP contribution in [0.4, 0.5) is 5.69 Å². The van der Waals surface area contributed by atoms with Gasteiger partial charge in [-0.15, -0.1) is 0 Å². The van der Waals surface area contributed by atoms with E-state index in [4.69, 9.17) is 0 Å². The van der Waals surface area contributed by atoms with Crippen molar-refractivity contribution in [3.63, 3.8) is 0 Å². The normalized spacial score (nSPS) is 9.94. The van der Waals surface area contributed by atoms with Crippen LogP contribution in [0.1, 0.15) is 10.4 Å². The third-order valence-corrected chi connectivity index (χ3v) is 2.41. The quantitative estimate of drug-likeness (QED) is 0.758. The number of anilines is 1. The summed E-state index contributed by atoms with van der Waals surface area (Å²) in [7, 11) is 5.30. The van der Waals surface area contributed by atoms with Crippen molar-refractivity contribution in [1.82, 2.24) is 5.32 Å². The number of carbonyl (C=O) groups excluding carboxylic acids is 1. The number of rotatable bonds is 5. The Morgan fingerprint density at radius 2 is 2.25 bits per heavy atom. The zero-order valence-corrected chi connectivity index (χ0v) is 9.99. The van der Waals surface area contributed by atoms with Gasteiger partial charge in [0.2, 0.25) is 0 Å². The maximum Gasteiger partial charge on any atom is 0.337 e. The summed E-state index contributed by atoms with van der Waals surface area (Å²) in [6, 6.07) is 7.42. The molecular weight excluding hydrogens is 204 g/mol. The summed E-state index contributed by atoms with van der Waals surface area (Å²) in [6.07, 6.45) is 0. The Bertz CT molecular complexity index is 353. The highest BCUT2D eigenvalue weighted by Crippen LogP contribution is 2.14. The summed E-state index contributed by atoms with van der Waals surface area (Å²) in [6.45, 7) is 1.79. The average molecular weight is 222 g/mol. The highest BCUT2D eigenvalue weighted by atomic mass is 16.5. The summed E-state index contributed by atoms with van der Waals surface area (Å²) in [4.78, 5) is 13.4. The molecule has 0 aliphatic rings. The summed E-state index contributed by atoms with van der Waals surface area (Å²) in [5.74, 6) is -0.302. The Morgan fingerprint density at radius 1 is 1.50 bits per heavy atom. The second-order valence-electron chi connectivity index (χ2n) is 3.57. The Hall–Kier alpha value is -1.55. The zero-order chi connectivity index (χ0) is 12.0. The van der Waals surface area contributed by atoms with Crippen LogP contribution >= 0.6 is 0 Å². The van der Waals surface area contributed by atoms with Crippen molar-refractivity contribution in [2.75, 3.05) is 39.2 Å². The number of ether oxygens (including phenoxy) is 1. The molecular formula is C12H18N2O2. The van der Waals surface area contributed by atoms with Gasteiger partial charge < -0.3 is 15.0 Å². The SMILES string of the molecule is CNCCN(C)c1cccc(C(=O)OC)c1. The van der Waals surface area contributed by atoms with Crippen molar-refractivity contribution in [3.05, 3.63) is 29.8 Å². The third kappa shape index (κ3) is 3.24. The van der Waals surface area contributed by atoms with Gasteiger partial charge in [0.25, 0.3) is 0 Å². The van der Waals surface area contributed by atoms with E-state index in [9.17, 15) is 4.79 Å².